The normalized spacial score (nSPS) is 20.9. The molecule has 1 unspecified atom stereocenters. The van der Waals surface area contributed by atoms with E-state index < -0.39 is 0 Å². The van der Waals surface area contributed by atoms with E-state index in [1.165, 1.54) is 5.56 Å². The number of hydrogen-bond acceptors (Lipinski definition) is 3. The van der Waals surface area contributed by atoms with Crippen molar-refractivity contribution in [1.82, 2.24) is 4.90 Å². The molecule has 100 valence electrons. The van der Waals surface area contributed by atoms with Gasteiger partial charge >= 0.3 is 0 Å². The minimum atomic E-state index is 0.283. The Labute approximate surface area is 118 Å². The van der Waals surface area contributed by atoms with Gasteiger partial charge in [0.05, 0.1) is 12.7 Å². The van der Waals surface area contributed by atoms with Crippen molar-refractivity contribution in [1.29, 1.82) is 0 Å². The molecule has 0 saturated carbocycles. The van der Waals surface area contributed by atoms with Crippen LogP contribution in [0.4, 0.5) is 5.69 Å². The second-order valence-corrected chi connectivity index (χ2v) is 5.50. The van der Waals surface area contributed by atoms with Crippen LogP contribution in [0.3, 0.4) is 0 Å². The van der Waals surface area contributed by atoms with Crippen LogP contribution in [0.1, 0.15) is 12.5 Å². The van der Waals surface area contributed by atoms with Gasteiger partial charge in [-0.1, -0.05) is 19.1 Å². The standard InChI is InChI=1S/C14H21BrN2O/c1-3-17-7-8-18-12(10-17)9-16-13-6-4-5-11(2)14(13)15/h4-6,12,16H,3,7-10H2,1-2H3. The summed E-state index contributed by atoms with van der Waals surface area (Å²) in [5.41, 5.74) is 2.40. The highest BCUT2D eigenvalue weighted by molar-refractivity contribution is 9.10. The molecule has 1 saturated heterocycles. The first-order valence-corrected chi connectivity index (χ1v) is 7.33. The van der Waals surface area contributed by atoms with Crippen LogP contribution in [0.15, 0.2) is 22.7 Å². The summed E-state index contributed by atoms with van der Waals surface area (Å²) >= 11 is 3.62. The minimum absolute atomic E-state index is 0.283. The minimum Gasteiger partial charge on any atom is -0.381 e. The smallest absolute Gasteiger partial charge is 0.0874 e. The Morgan fingerprint density at radius 2 is 2.33 bits per heavy atom. The monoisotopic (exact) mass is 312 g/mol. The molecule has 1 aromatic carbocycles. The number of aryl methyl sites for hydroxylation is 1. The molecule has 1 N–H and O–H groups in total. The van der Waals surface area contributed by atoms with Gasteiger partial charge in [-0.3, -0.25) is 4.90 Å². The highest BCUT2D eigenvalue weighted by atomic mass is 79.9. The summed E-state index contributed by atoms with van der Waals surface area (Å²) < 4.78 is 6.93. The van der Waals surface area contributed by atoms with E-state index in [9.17, 15) is 0 Å². The van der Waals surface area contributed by atoms with Crippen LogP contribution in [0.5, 0.6) is 0 Å². The zero-order valence-electron chi connectivity index (χ0n) is 11.1. The first-order valence-electron chi connectivity index (χ1n) is 6.53. The van der Waals surface area contributed by atoms with Crippen molar-refractivity contribution in [3.8, 4) is 0 Å². The summed E-state index contributed by atoms with van der Waals surface area (Å²) in [5.74, 6) is 0. The van der Waals surface area contributed by atoms with Crippen LogP contribution in [0, 0.1) is 6.92 Å². The number of rotatable bonds is 4. The van der Waals surface area contributed by atoms with Crippen molar-refractivity contribution in [2.45, 2.75) is 20.0 Å². The van der Waals surface area contributed by atoms with E-state index in [1.54, 1.807) is 0 Å². The lowest BCUT2D eigenvalue weighted by Crippen LogP contribution is -2.45. The molecule has 1 aliphatic heterocycles. The van der Waals surface area contributed by atoms with Crippen molar-refractivity contribution >= 4 is 21.6 Å². The van der Waals surface area contributed by atoms with Gasteiger partial charge in [0.2, 0.25) is 0 Å². The summed E-state index contributed by atoms with van der Waals surface area (Å²) in [6.07, 6.45) is 0.283. The van der Waals surface area contributed by atoms with E-state index >= 15 is 0 Å². The third-order valence-corrected chi connectivity index (χ3v) is 4.43. The maximum absolute atomic E-state index is 5.78. The Kier molecular flexibility index (Phi) is 5.03. The topological polar surface area (TPSA) is 24.5 Å². The third kappa shape index (κ3) is 3.46. The predicted molar refractivity (Wildman–Crippen MR) is 79.2 cm³/mol. The van der Waals surface area contributed by atoms with Crippen LogP contribution in [-0.4, -0.2) is 43.8 Å². The van der Waals surface area contributed by atoms with E-state index in [2.05, 4.69) is 58.2 Å². The van der Waals surface area contributed by atoms with Crippen LogP contribution >= 0.6 is 15.9 Å². The van der Waals surface area contributed by atoms with Gasteiger partial charge in [0, 0.05) is 29.8 Å². The number of nitrogens with one attached hydrogen (secondary N) is 1. The van der Waals surface area contributed by atoms with Gasteiger partial charge in [-0.05, 0) is 41.0 Å². The molecule has 0 aromatic heterocycles. The fraction of sp³-hybridized carbons (Fsp3) is 0.571. The molecule has 1 heterocycles. The molecule has 3 nitrogen and oxygen atoms in total. The molecule has 1 aliphatic rings. The van der Waals surface area contributed by atoms with E-state index in [-0.39, 0.29) is 6.10 Å². The summed E-state index contributed by atoms with van der Waals surface area (Å²) in [6, 6.07) is 6.27. The molecule has 1 fully saturated rings. The average Bonchev–Trinajstić information content (AvgIpc) is 2.41. The molecule has 0 bridgehead atoms. The molecular weight excluding hydrogens is 292 g/mol. The van der Waals surface area contributed by atoms with E-state index in [1.807, 2.05) is 0 Å². The summed E-state index contributed by atoms with van der Waals surface area (Å²) in [6.45, 7) is 9.19. The Hall–Kier alpha value is -0.580. The second-order valence-electron chi connectivity index (χ2n) is 4.70. The Bertz CT molecular complexity index is 397. The fourth-order valence-electron chi connectivity index (χ4n) is 2.20. The molecule has 0 radical (unpaired) electrons. The van der Waals surface area contributed by atoms with Crippen LogP contribution in [0.2, 0.25) is 0 Å². The average molecular weight is 313 g/mol. The Morgan fingerprint density at radius 1 is 1.50 bits per heavy atom. The van der Waals surface area contributed by atoms with Gasteiger partial charge in [0.25, 0.3) is 0 Å². The Balaban J connectivity index is 1.89. The molecule has 0 spiro atoms. The number of likely N-dealkylation sites (N-methyl/N-ethyl adjacent to an activating group) is 1. The van der Waals surface area contributed by atoms with Crippen molar-refractivity contribution in [3.63, 3.8) is 0 Å². The number of halogens is 1. The summed E-state index contributed by atoms with van der Waals surface area (Å²) in [5, 5.41) is 3.47. The number of benzene rings is 1. The van der Waals surface area contributed by atoms with Crippen molar-refractivity contribution in [2.24, 2.45) is 0 Å². The number of ether oxygens (including phenoxy) is 1. The number of anilines is 1. The van der Waals surface area contributed by atoms with Gasteiger partial charge in [0.1, 0.15) is 0 Å². The van der Waals surface area contributed by atoms with Crippen molar-refractivity contribution in [2.75, 3.05) is 38.1 Å². The first-order chi connectivity index (χ1) is 8.70. The van der Waals surface area contributed by atoms with Crippen molar-refractivity contribution < 1.29 is 4.74 Å². The highest BCUT2D eigenvalue weighted by Crippen LogP contribution is 2.25. The maximum Gasteiger partial charge on any atom is 0.0874 e. The lowest BCUT2D eigenvalue weighted by atomic mass is 10.2. The van der Waals surface area contributed by atoms with E-state index in [0.29, 0.717) is 0 Å². The lowest BCUT2D eigenvalue weighted by molar-refractivity contribution is -0.0191. The molecule has 0 amide bonds. The van der Waals surface area contributed by atoms with Gasteiger partial charge in [0.15, 0.2) is 0 Å². The SMILES string of the molecule is CCN1CCOC(CNc2cccc(C)c2Br)C1. The molecule has 1 atom stereocenters. The zero-order chi connectivity index (χ0) is 13.0. The molecule has 0 aliphatic carbocycles. The number of nitrogens with zero attached hydrogens (tertiary/aromatic N) is 1. The van der Waals surface area contributed by atoms with Crippen LogP contribution in [-0.2, 0) is 4.74 Å². The Morgan fingerprint density at radius 3 is 3.11 bits per heavy atom. The quantitative estimate of drug-likeness (QED) is 0.925. The molecular formula is C14H21BrN2O. The number of hydrogen-bond donors (Lipinski definition) is 1. The second kappa shape index (κ2) is 6.55. The largest absolute Gasteiger partial charge is 0.381 e. The maximum atomic E-state index is 5.78. The molecule has 4 heteroatoms. The fourth-order valence-corrected chi connectivity index (χ4v) is 2.60. The van der Waals surface area contributed by atoms with E-state index in [0.717, 1.165) is 42.9 Å². The highest BCUT2D eigenvalue weighted by Gasteiger charge is 2.19. The van der Waals surface area contributed by atoms with Crippen LogP contribution in [0.25, 0.3) is 0 Å². The molecule has 1 aromatic rings. The first kappa shape index (κ1) is 13.8. The molecule has 2 rings (SSSR count). The van der Waals surface area contributed by atoms with Gasteiger partial charge < -0.3 is 10.1 Å². The summed E-state index contributed by atoms with van der Waals surface area (Å²) in [7, 11) is 0. The summed E-state index contributed by atoms with van der Waals surface area (Å²) in [4.78, 5) is 2.43. The van der Waals surface area contributed by atoms with Gasteiger partial charge in [-0.2, -0.15) is 0 Å². The van der Waals surface area contributed by atoms with Crippen LogP contribution < -0.4 is 5.32 Å². The van der Waals surface area contributed by atoms with Gasteiger partial charge in [-0.25, -0.2) is 0 Å². The van der Waals surface area contributed by atoms with Gasteiger partial charge in [-0.15, -0.1) is 0 Å². The third-order valence-electron chi connectivity index (χ3n) is 3.38. The predicted octanol–water partition coefficient (Wildman–Crippen LogP) is 2.89. The van der Waals surface area contributed by atoms with E-state index in [4.69, 9.17) is 4.74 Å². The zero-order valence-corrected chi connectivity index (χ0v) is 12.7. The number of morpholine rings is 1. The lowest BCUT2D eigenvalue weighted by Gasteiger charge is -2.32. The van der Waals surface area contributed by atoms with Crippen molar-refractivity contribution in [3.05, 3.63) is 28.2 Å². The molecule has 18 heavy (non-hydrogen) atoms.